The van der Waals surface area contributed by atoms with E-state index in [1.54, 1.807) is 0 Å². The summed E-state index contributed by atoms with van der Waals surface area (Å²) in [4.78, 5) is 17.7. The third-order valence-corrected chi connectivity index (χ3v) is 10.4. The molecule has 5 aliphatic heterocycles. The molecule has 5 aliphatic rings. The van der Waals surface area contributed by atoms with Crippen LogP contribution in [0.2, 0.25) is 5.02 Å². The van der Waals surface area contributed by atoms with E-state index in [0.29, 0.717) is 31.7 Å². The van der Waals surface area contributed by atoms with Crippen LogP contribution in [0.15, 0.2) is 12.1 Å². The summed E-state index contributed by atoms with van der Waals surface area (Å²) in [6.07, 6.45) is -1.45. The third-order valence-electron chi connectivity index (χ3n) is 10.1. The van der Waals surface area contributed by atoms with Gasteiger partial charge >= 0.3 is 12.2 Å². The van der Waals surface area contributed by atoms with Gasteiger partial charge in [-0.25, -0.2) is 13.8 Å². The molecule has 9 nitrogen and oxygen atoms in total. The highest BCUT2D eigenvalue weighted by Gasteiger charge is 2.50. The molecule has 240 valence electrons. The molecule has 8 rings (SSSR count). The third kappa shape index (κ3) is 4.73. The Hall–Kier alpha value is -3.23. The number of halogens is 6. The van der Waals surface area contributed by atoms with Crippen LogP contribution in [0.5, 0.6) is 11.9 Å². The first-order chi connectivity index (χ1) is 21.5. The smallest absolute Gasteiger partial charge is 0.418 e. The first kappa shape index (κ1) is 29.2. The van der Waals surface area contributed by atoms with Gasteiger partial charge < -0.3 is 25.4 Å². The van der Waals surface area contributed by atoms with Gasteiger partial charge in [0.1, 0.15) is 35.2 Å². The molecule has 1 aromatic carbocycles. The minimum atomic E-state index is -4.93. The highest BCUT2D eigenvalue weighted by atomic mass is 35.5. The lowest BCUT2D eigenvalue weighted by atomic mass is 9.95. The summed E-state index contributed by atoms with van der Waals surface area (Å²) in [5, 5.41) is 3.11. The van der Waals surface area contributed by atoms with Crippen molar-refractivity contribution >= 4 is 34.0 Å². The second-order valence-corrected chi connectivity index (χ2v) is 13.2. The zero-order valence-electron chi connectivity index (χ0n) is 24.1. The van der Waals surface area contributed by atoms with Gasteiger partial charge in [0.25, 0.3) is 0 Å². The lowest BCUT2D eigenvalue weighted by Gasteiger charge is -2.43. The molecule has 4 saturated heterocycles. The molecule has 15 heteroatoms. The Morgan fingerprint density at radius 2 is 2.00 bits per heavy atom. The number of ether oxygens (including phenoxy) is 2. The van der Waals surface area contributed by atoms with Crippen LogP contribution in [0.1, 0.15) is 44.1 Å². The number of nitrogens with two attached hydrogens (primary N) is 1. The molecule has 2 bridgehead atoms. The van der Waals surface area contributed by atoms with E-state index in [0.717, 1.165) is 44.4 Å². The van der Waals surface area contributed by atoms with Gasteiger partial charge in [-0.05, 0) is 44.4 Å². The fourth-order valence-electron chi connectivity index (χ4n) is 8.17. The Morgan fingerprint density at radius 1 is 1.16 bits per heavy atom. The van der Waals surface area contributed by atoms with E-state index >= 15 is 4.39 Å². The van der Waals surface area contributed by atoms with Crippen molar-refractivity contribution in [3.05, 3.63) is 28.5 Å². The van der Waals surface area contributed by atoms with E-state index in [9.17, 15) is 17.6 Å². The number of rotatable bonds is 4. The van der Waals surface area contributed by atoms with Crippen molar-refractivity contribution in [1.82, 2.24) is 25.2 Å². The summed E-state index contributed by atoms with van der Waals surface area (Å²) in [7, 11) is 0. The van der Waals surface area contributed by atoms with E-state index in [1.165, 1.54) is 0 Å². The maximum Gasteiger partial charge on any atom is 0.418 e. The average molecular weight is 652 g/mol. The van der Waals surface area contributed by atoms with Crippen LogP contribution in [-0.2, 0) is 6.18 Å². The van der Waals surface area contributed by atoms with E-state index in [-0.39, 0.29) is 59.8 Å². The monoisotopic (exact) mass is 651 g/mol. The molecule has 2 aromatic heterocycles. The fraction of sp³-hybridized carbons (Fsp3) is 0.567. The van der Waals surface area contributed by atoms with Crippen molar-refractivity contribution in [2.24, 2.45) is 0 Å². The topological polar surface area (TPSA) is 102 Å². The van der Waals surface area contributed by atoms with Crippen LogP contribution in [0.25, 0.3) is 22.2 Å². The summed E-state index contributed by atoms with van der Waals surface area (Å²) in [6, 6.07) is 2.14. The van der Waals surface area contributed by atoms with Crippen molar-refractivity contribution in [1.29, 1.82) is 0 Å². The maximum atomic E-state index is 16.7. The minimum Gasteiger partial charge on any atom is -0.477 e. The molecule has 0 amide bonds. The SMILES string of the molecule is Nc1cc(Cl)c(C(F)(F)F)c(-c2nc3c4c(nc(OC[C@@]56CCCN5C[C@H](F)C6)nc4c2F)N2C[C@H]4CC[C@H](N4)C2CCO3)c1. The van der Waals surface area contributed by atoms with Gasteiger partial charge in [-0.15, -0.1) is 0 Å². The van der Waals surface area contributed by atoms with E-state index in [4.69, 9.17) is 31.8 Å². The van der Waals surface area contributed by atoms with Gasteiger partial charge in [-0.2, -0.15) is 23.1 Å². The predicted molar refractivity (Wildman–Crippen MR) is 157 cm³/mol. The number of hydrogen-bond acceptors (Lipinski definition) is 9. The molecule has 3 aromatic rings. The first-order valence-corrected chi connectivity index (χ1v) is 15.6. The summed E-state index contributed by atoms with van der Waals surface area (Å²) < 4.78 is 86.2. The molecule has 0 saturated carbocycles. The van der Waals surface area contributed by atoms with Crippen molar-refractivity contribution in [2.75, 3.05) is 43.5 Å². The van der Waals surface area contributed by atoms with Gasteiger partial charge in [0.2, 0.25) is 5.88 Å². The largest absolute Gasteiger partial charge is 0.477 e. The first-order valence-electron chi connectivity index (χ1n) is 15.3. The van der Waals surface area contributed by atoms with E-state index in [1.807, 2.05) is 0 Å². The molecule has 3 N–H and O–H groups in total. The summed E-state index contributed by atoms with van der Waals surface area (Å²) in [5.41, 5.74) is 2.43. The Labute approximate surface area is 260 Å². The number of alkyl halides is 4. The number of anilines is 2. The molecular weight excluding hydrogens is 621 g/mol. The fourth-order valence-corrected chi connectivity index (χ4v) is 8.51. The van der Waals surface area contributed by atoms with Crippen LogP contribution in [0, 0.1) is 5.82 Å². The number of hydrogen-bond donors (Lipinski definition) is 2. The van der Waals surface area contributed by atoms with Crippen molar-refractivity contribution in [2.45, 2.75) is 74.5 Å². The van der Waals surface area contributed by atoms with Crippen LogP contribution in [0.4, 0.5) is 33.5 Å². The second kappa shape index (κ2) is 10.4. The van der Waals surface area contributed by atoms with E-state index < -0.39 is 45.5 Å². The van der Waals surface area contributed by atoms with Crippen molar-refractivity contribution < 1.29 is 31.4 Å². The van der Waals surface area contributed by atoms with Gasteiger partial charge in [-0.1, -0.05) is 11.6 Å². The number of pyridine rings is 1. The molecule has 0 aliphatic carbocycles. The van der Waals surface area contributed by atoms with Crippen LogP contribution >= 0.6 is 11.6 Å². The molecule has 5 atom stereocenters. The summed E-state index contributed by atoms with van der Waals surface area (Å²) in [6.45, 7) is 1.96. The Morgan fingerprint density at radius 3 is 2.82 bits per heavy atom. The molecule has 1 unspecified atom stereocenters. The normalized spacial score (nSPS) is 29.3. The number of fused-ring (bicyclic) bond motifs is 6. The minimum absolute atomic E-state index is 0.0267. The lowest BCUT2D eigenvalue weighted by molar-refractivity contribution is -0.137. The van der Waals surface area contributed by atoms with Gasteiger partial charge in [0, 0.05) is 55.3 Å². The highest BCUT2D eigenvalue weighted by molar-refractivity contribution is 6.32. The van der Waals surface area contributed by atoms with Crippen LogP contribution in [-0.4, -0.2) is 82.5 Å². The summed E-state index contributed by atoms with van der Waals surface area (Å²) in [5.74, 6) is -0.850. The second-order valence-electron chi connectivity index (χ2n) is 12.8. The van der Waals surface area contributed by atoms with E-state index in [2.05, 4.69) is 25.1 Å². The Balaban J connectivity index is 1.32. The van der Waals surface area contributed by atoms with Gasteiger partial charge in [-0.3, -0.25) is 4.90 Å². The number of aromatic nitrogens is 3. The van der Waals surface area contributed by atoms with Gasteiger partial charge in [0.05, 0.1) is 22.7 Å². The summed E-state index contributed by atoms with van der Waals surface area (Å²) >= 11 is 6.02. The number of nitrogens with zero attached hydrogens (tertiary/aromatic N) is 5. The number of piperazine rings is 1. The number of nitrogens with one attached hydrogen (secondary N) is 1. The quantitative estimate of drug-likeness (QED) is 0.294. The molecule has 45 heavy (non-hydrogen) atoms. The standard InChI is InChI=1S/C30H31ClF5N7O2/c31-18-9-15(37)8-17(22(18)30(34,35)36)24-23(33)25-21-26(41-28(40-25)45-13-29-5-1-6-42(29)11-14(32)10-29)43-12-16-2-3-19(38-16)20(43)4-7-44-27(21)39-24/h8-9,14,16,19-20,38H,1-7,10-13,37H2/t14-,16-,19+,20?,29+/m1/s1. The zero-order valence-corrected chi connectivity index (χ0v) is 24.9. The number of benzene rings is 1. The maximum absolute atomic E-state index is 16.7. The average Bonchev–Trinajstić information content (AvgIpc) is 3.63. The van der Waals surface area contributed by atoms with Crippen molar-refractivity contribution in [3.63, 3.8) is 0 Å². The predicted octanol–water partition coefficient (Wildman–Crippen LogP) is 5.13. The Kier molecular flexibility index (Phi) is 6.74. The van der Waals surface area contributed by atoms with Gasteiger partial charge in [0.15, 0.2) is 5.82 Å². The molecule has 7 heterocycles. The highest BCUT2D eigenvalue weighted by Crippen LogP contribution is 2.47. The number of nitrogen functional groups attached to an aromatic ring is 1. The zero-order chi connectivity index (χ0) is 31.2. The van der Waals surface area contributed by atoms with Crippen molar-refractivity contribution in [3.8, 4) is 23.1 Å². The molecule has 0 spiro atoms. The molecular formula is C30H31ClF5N7O2. The molecule has 4 fully saturated rings. The lowest BCUT2D eigenvalue weighted by Crippen LogP contribution is -2.59. The van der Waals surface area contributed by atoms with Crippen LogP contribution < -0.4 is 25.4 Å². The van der Waals surface area contributed by atoms with Crippen LogP contribution in [0.3, 0.4) is 0 Å². The Bertz CT molecular complexity index is 1700. The molecule has 0 radical (unpaired) electrons.